The van der Waals surface area contributed by atoms with Crippen LogP contribution in [0.4, 0.5) is 11.4 Å². The van der Waals surface area contributed by atoms with Crippen molar-refractivity contribution in [1.82, 2.24) is 0 Å². The number of imide groups is 1. The van der Waals surface area contributed by atoms with Crippen LogP contribution in [0.2, 0.25) is 0 Å². The van der Waals surface area contributed by atoms with Crippen LogP contribution < -0.4 is 4.90 Å². The number of amides is 2. The summed E-state index contributed by atoms with van der Waals surface area (Å²) in [6.45, 7) is 3.47. The number of fused-ring (bicyclic) bond motifs is 1. The van der Waals surface area contributed by atoms with E-state index < -0.39 is 47.2 Å². The van der Waals surface area contributed by atoms with E-state index in [1.54, 1.807) is 24.3 Å². The molecule has 200 valence electrons. The number of carbonyl (C=O) groups excluding carboxylic acids is 2. The number of nitro benzene ring substituents is 1. The number of carbonyl (C=O) groups is 2. The number of aliphatic hydroxyl groups is 2. The maximum Gasteiger partial charge on any atom is 0.271 e. The molecule has 0 radical (unpaired) electrons. The van der Waals surface area contributed by atoms with Crippen molar-refractivity contribution in [3.63, 3.8) is 0 Å². The summed E-state index contributed by atoms with van der Waals surface area (Å²) in [6.07, 6.45) is 2.87. The van der Waals surface area contributed by atoms with Crippen LogP contribution in [0.1, 0.15) is 45.1 Å². The summed E-state index contributed by atoms with van der Waals surface area (Å²) < 4.78 is 0. The first-order chi connectivity index (χ1) is 18.2. The van der Waals surface area contributed by atoms with Crippen LogP contribution in [-0.4, -0.2) is 44.8 Å². The first-order valence-electron chi connectivity index (χ1n) is 12.7. The predicted molar refractivity (Wildman–Crippen MR) is 142 cm³/mol. The van der Waals surface area contributed by atoms with Gasteiger partial charge in [-0.15, -0.1) is 0 Å². The standard InChI is InChI=1S/C29H32N2O7/c1-3-19-14-23-27(29(36)30(28(23)35)20-5-4-6-21(15-20)31(37)38)24(16-32)26(19)25(34)12-7-17(2)13-18-8-10-22(33)11-9-18/h4-6,8-11,13,15,23-25,27,32-34H,3,7,12,14,16H2,1-2H3/b17-13+/t23-,24+,25-,27-/m1/s1. The fraction of sp³-hybridized carbons (Fsp3) is 0.379. The number of aliphatic hydroxyl groups excluding tert-OH is 2. The largest absolute Gasteiger partial charge is 0.508 e. The van der Waals surface area contributed by atoms with E-state index >= 15 is 0 Å². The minimum absolute atomic E-state index is 0.135. The lowest BCUT2D eigenvalue weighted by molar-refractivity contribution is -0.384. The Morgan fingerprint density at radius 1 is 1.18 bits per heavy atom. The van der Waals surface area contributed by atoms with Crippen molar-refractivity contribution in [1.29, 1.82) is 0 Å². The predicted octanol–water partition coefficient (Wildman–Crippen LogP) is 4.37. The second-order valence-corrected chi connectivity index (χ2v) is 9.96. The fourth-order valence-corrected chi connectivity index (χ4v) is 5.75. The Morgan fingerprint density at radius 2 is 1.89 bits per heavy atom. The number of non-ortho nitro benzene ring substituents is 1. The zero-order valence-corrected chi connectivity index (χ0v) is 21.4. The fourth-order valence-electron chi connectivity index (χ4n) is 5.75. The van der Waals surface area contributed by atoms with E-state index in [-0.39, 0.29) is 17.1 Å². The van der Waals surface area contributed by atoms with Gasteiger partial charge in [-0.1, -0.05) is 42.3 Å². The van der Waals surface area contributed by atoms with Crippen LogP contribution in [0.3, 0.4) is 0 Å². The van der Waals surface area contributed by atoms with E-state index in [9.17, 15) is 35.0 Å². The molecule has 9 heteroatoms. The molecular formula is C29H32N2O7. The van der Waals surface area contributed by atoms with Gasteiger partial charge in [0, 0.05) is 18.1 Å². The van der Waals surface area contributed by atoms with Gasteiger partial charge in [0.25, 0.3) is 5.69 Å². The molecule has 1 aliphatic heterocycles. The molecule has 0 saturated carbocycles. The van der Waals surface area contributed by atoms with Crippen molar-refractivity contribution in [3.05, 3.63) is 80.9 Å². The Kier molecular flexibility index (Phi) is 8.08. The summed E-state index contributed by atoms with van der Waals surface area (Å²) in [5.74, 6) is -3.03. The number of hydrogen-bond acceptors (Lipinski definition) is 7. The van der Waals surface area contributed by atoms with E-state index in [1.165, 1.54) is 24.3 Å². The molecule has 0 spiro atoms. The third-order valence-corrected chi connectivity index (χ3v) is 7.58. The van der Waals surface area contributed by atoms with Crippen LogP contribution in [0.15, 0.2) is 65.3 Å². The summed E-state index contributed by atoms with van der Waals surface area (Å²) >= 11 is 0. The minimum atomic E-state index is -0.902. The molecule has 3 N–H and O–H groups in total. The van der Waals surface area contributed by atoms with Crippen molar-refractivity contribution in [2.24, 2.45) is 17.8 Å². The van der Waals surface area contributed by atoms with Crippen molar-refractivity contribution >= 4 is 29.3 Å². The number of anilines is 1. The summed E-state index contributed by atoms with van der Waals surface area (Å²) in [4.78, 5) is 38.6. The Bertz CT molecular complexity index is 1300. The minimum Gasteiger partial charge on any atom is -0.508 e. The first kappa shape index (κ1) is 27.2. The van der Waals surface area contributed by atoms with Crippen molar-refractivity contribution in [2.75, 3.05) is 11.5 Å². The summed E-state index contributed by atoms with van der Waals surface area (Å²) in [6, 6.07) is 12.2. The summed E-state index contributed by atoms with van der Waals surface area (Å²) in [5, 5.41) is 42.4. The highest BCUT2D eigenvalue weighted by Gasteiger charge is 2.55. The van der Waals surface area contributed by atoms with Crippen LogP contribution in [0, 0.1) is 27.9 Å². The molecule has 1 aliphatic carbocycles. The van der Waals surface area contributed by atoms with E-state index in [0.717, 1.165) is 21.6 Å². The van der Waals surface area contributed by atoms with Gasteiger partial charge in [-0.05, 0) is 61.9 Å². The zero-order chi connectivity index (χ0) is 27.6. The van der Waals surface area contributed by atoms with Crippen LogP contribution in [0.5, 0.6) is 5.75 Å². The van der Waals surface area contributed by atoms with Crippen LogP contribution >= 0.6 is 0 Å². The molecule has 9 nitrogen and oxygen atoms in total. The number of phenolic OH excluding ortho intramolecular Hbond substituents is 1. The third kappa shape index (κ3) is 5.25. The number of nitrogens with zero attached hydrogens (tertiary/aromatic N) is 2. The summed E-state index contributed by atoms with van der Waals surface area (Å²) in [5.41, 5.74) is 3.34. The number of phenols is 1. The van der Waals surface area contributed by atoms with Gasteiger partial charge < -0.3 is 15.3 Å². The molecule has 2 aliphatic rings. The molecule has 2 aromatic rings. The molecule has 4 atom stereocenters. The monoisotopic (exact) mass is 520 g/mol. The first-order valence-corrected chi connectivity index (χ1v) is 12.7. The molecule has 4 rings (SSSR count). The SMILES string of the molecule is CCC1=C([C@H](O)CC/C(C)=C/c2ccc(O)cc2)[C@H](CO)[C@@H]2C(=O)N(c3cccc([N+](=O)[O-])c3)C(=O)[C@@H]2C1. The Labute approximate surface area is 220 Å². The highest BCUT2D eigenvalue weighted by molar-refractivity contribution is 6.22. The quantitative estimate of drug-likeness (QED) is 0.193. The van der Waals surface area contributed by atoms with Crippen LogP contribution in [0.25, 0.3) is 6.08 Å². The molecule has 1 saturated heterocycles. The Hall–Kier alpha value is -3.82. The van der Waals surface area contributed by atoms with Crippen molar-refractivity contribution in [2.45, 2.75) is 45.6 Å². The van der Waals surface area contributed by atoms with Gasteiger partial charge in [0.05, 0.1) is 35.2 Å². The smallest absolute Gasteiger partial charge is 0.271 e. The van der Waals surface area contributed by atoms with E-state index in [2.05, 4.69) is 0 Å². The van der Waals surface area contributed by atoms with E-state index in [4.69, 9.17) is 0 Å². The number of hydrogen-bond donors (Lipinski definition) is 3. The maximum absolute atomic E-state index is 13.6. The normalized spacial score (nSPS) is 22.6. The lowest BCUT2D eigenvalue weighted by atomic mass is 9.67. The van der Waals surface area contributed by atoms with Gasteiger partial charge in [0.1, 0.15) is 5.75 Å². The number of aromatic hydroxyl groups is 1. The topological polar surface area (TPSA) is 141 Å². The number of benzene rings is 2. The molecular weight excluding hydrogens is 488 g/mol. The molecule has 0 bridgehead atoms. The highest BCUT2D eigenvalue weighted by Crippen LogP contribution is 2.48. The Balaban J connectivity index is 1.57. The number of nitro groups is 1. The van der Waals surface area contributed by atoms with Gasteiger partial charge in [-0.25, -0.2) is 4.90 Å². The van der Waals surface area contributed by atoms with E-state index in [0.29, 0.717) is 31.3 Å². The zero-order valence-electron chi connectivity index (χ0n) is 21.4. The third-order valence-electron chi connectivity index (χ3n) is 7.58. The lowest BCUT2D eigenvalue weighted by Crippen LogP contribution is -2.39. The highest BCUT2D eigenvalue weighted by atomic mass is 16.6. The second-order valence-electron chi connectivity index (χ2n) is 9.96. The molecule has 0 aromatic heterocycles. The lowest BCUT2D eigenvalue weighted by Gasteiger charge is -2.36. The second kappa shape index (κ2) is 11.3. The number of rotatable bonds is 9. The average Bonchev–Trinajstić information content (AvgIpc) is 3.16. The van der Waals surface area contributed by atoms with Gasteiger partial charge in [0.2, 0.25) is 11.8 Å². The van der Waals surface area contributed by atoms with Crippen LogP contribution in [-0.2, 0) is 9.59 Å². The number of allylic oxidation sites excluding steroid dienone is 2. The molecule has 1 fully saturated rings. The molecule has 2 aromatic carbocycles. The molecule has 1 heterocycles. The van der Waals surface area contributed by atoms with Gasteiger partial charge >= 0.3 is 0 Å². The summed E-state index contributed by atoms with van der Waals surface area (Å²) in [7, 11) is 0. The maximum atomic E-state index is 13.6. The van der Waals surface area contributed by atoms with Gasteiger partial charge in [0.15, 0.2) is 0 Å². The van der Waals surface area contributed by atoms with Crippen molar-refractivity contribution < 1.29 is 29.8 Å². The molecule has 2 amide bonds. The van der Waals surface area contributed by atoms with Crippen molar-refractivity contribution in [3.8, 4) is 5.75 Å². The molecule has 38 heavy (non-hydrogen) atoms. The Morgan fingerprint density at radius 3 is 2.53 bits per heavy atom. The van der Waals surface area contributed by atoms with E-state index in [1.807, 2.05) is 19.9 Å². The molecule has 0 unspecified atom stereocenters. The van der Waals surface area contributed by atoms with Gasteiger partial charge in [-0.2, -0.15) is 0 Å². The van der Waals surface area contributed by atoms with Gasteiger partial charge in [-0.3, -0.25) is 19.7 Å². The average molecular weight is 521 g/mol.